The number of hydrogen-bond acceptors (Lipinski definition) is 1. The first-order valence-corrected chi connectivity index (χ1v) is 5.61. The van der Waals surface area contributed by atoms with Gasteiger partial charge in [0.1, 0.15) is 11.5 Å². The smallest absolute Gasteiger partial charge is 0.146 e. The Labute approximate surface area is 102 Å². The molecular weight excluding hydrogens is 275 g/mol. The molecule has 0 saturated carbocycles. The number of rotatable bonds is 2. The second-order valence-corrected chi connectivity index (χ2v) is 4.22. The fourth-order valence-corrected chi connectivity index (χ4v) is 1.71. The first-order chi connectivity index (χ1) is 7.27. The van der Waals surface area contributed by atoms with Crippen molar-refractivity contribution in [1.82, 2.24) is 0 Å². The lowest BCUT2D eigenvalue weighted by Gasteiger charge is -2.08. The lowest BCUT2D eigenvalue weighted by molar-refractivity contribution is 0.480. The minimum Gasteiger partial charge on any atom is -0.455 e. The van der Waals surface area contributed by atoms with E-state index in [9.17, 15) is 0 Å². The number of benzene rings is 2. The van der Waals surface area contributed by atoms with Crippen molar-refractivity contribution < 1.29 is 4.74 Å². The van der Waals surface area contributed by atoms with Gasteiger partial charge in [-0.25, -0.2) is 0 Å². The van der Waals surface area contributed by atoms with Crippen LogP contribution < -0.4 is 4.74 Å². The predicted octanol–water partition coefficient (Wildman–Crippen LogP) is 4.89. The van der Waals surface area contributed by atoms with Crippen LogP contribution in [0.1, 0.15) is 0 Å². The van der Waals surface area contributed by atoms with E-state index in [1.165, 1.54) is 0 Å². The van der Waals surface area contributed by atoms with E-state index in [4.69, 9.17) is 16.3 Å². The minimum absolute atomic E-state index is 0.605. The van der Waals surface area contributed by atoms with E-state index in [1.807, 2.05) is 42.5 Å². The maximum absolute atomic E-state index is 5.99. The highest BCUT2D eigenvalue weighted by molar-refractivity contribution is 9.10. The summed E-state index contributed by atoms with van der Waals surface area (Å²) < 4.78 is 6.57. The van der Waals surface area contributed by atoms with Crippen LogP contribution in [-0.2, 0) is 0 Å². The van der Waals surface area contributed by atoms with Crippen molar-refractivity contribution in [2.45, 2.75) is 0 Å². The van der Waals surface area contributed by atoms with Crippen LogP contribution in [0.5, 0.6) is 11.5 Å². The van der Waals surface area contributed by atoms with Crippen molar-refractivity contribution in [2.24, 2.45) is 0 Å². The summed E-state index contributed by atoms with van der Waals surface area (Å²) in [6.45, 7) is 0. The summed E-state index contributed by atoms with van der Waals surface area (Å²) in [7, 11) is 0. The molecule has 0 aromatic heterocycles. The van der Waals surface area contributed by atoms with Crippen molar-refractivity contribution in [3.63, 3.8) is 0 Å². The Morgan fingerprint density at radius 3 is 2.13 bits per heavy atom. The van der Waals surface area contributed by atoms with E-state index in [0.29, 0.717) is 10.8 Å². The molecule has 1 nitrogen and oxygen atoms in total. The van der Waals surface area contributed by atoms with Gasteiger partial charge >= 0.3 is 0 Å². The van der Waals surface area contributed by atoms with Crippen LogP contribution in [0.15, 0.2) is 53.0 Å². The molecule has 0 spiro atoms. The van der Waals surface area contributed by atoms with Gasteiger partial charge in [0.25, 0.3) is 0 Å². The van der Waals surface area contributed by atoms with Gasteiger partial charge in [-0.3, -0.25) is 0 Å². The second kappa shape index (κ2) is 4.69. The summed E-state index contributed by atoms with van der Waals surface area (Å²) in [5.41, 5.74) is 0. The maximum atomic E-state index is 5.99. The van der Waals surface area contributed by atoms with E-state index in [1.54, 1.807) is 6.07 Å². The molecule has 0 amide bonds. The van der Waals surface area contributed by atoms with Gasteiger partial charge in [-0.05, 0) is 40.2 Å². The fraction of sp³-hybridized carbons (Fsp3) is 0. The topological polar surface area (TPSA) is 9.23 Å². The minimum atomic E-state index is 0.605. The SMILES string of the molecule is Clc1ccccc1Oc1ccccc1Br. The number of ether oxygens (including phenoxy) is 1. The molecule has 0 aliphatic heterocycles. The van der Waals surface area contributed by atoms with Gasteiger partial charge in [0.2, 0.25) is 0 Å². The van der Waals surface area contributed by atoms with Gasteiger partial charge in [0.05, 0.1) is 9.50 Å². The average Bonchev–Trinajstić information content (AvgIpc) is 2.24. The van der Waals surface area contributed by atoms with E-state index >= 15 is 0 Å². The average molecular weight is 284 g/mol. The highest BCUT2D eigenvalue weighted by Gasteiger charge is 2.04. The van der Waals surface area contributed by atoms with Crippen LogP contribution in [0.25, 0.3) is 0 Å². The summed E-state index contributed by atoms with van der Waals surface area (Å²) in [4.78, 5) is 0. The van der Waals surface area contributed by atoms with Crippen LogP contribution in [0.4, 0.5) is 0 Å². The standard InChI is InChI=1S/C12H8BrClO/c13-9-5-1-3-7-11(9)15-12-8-4-2-6-10(12)14/h1-8H. The lowest BCUT2D eigenvalue weighted by atomic mass is 10.3. The van der Waals surface area contributed by atoms with Gasteiger partial charge in [-0.2, -0.15) is 0 Å². The molecule has 0 radical (unpaired) electrons. The molecule has 0 unspecified atom stereocenters. The normalized spacial score (nSPS) is 10.0. The first-order valence-electron chi connectivity index (χ1n) is 4.44. The van der Waals surface area contributed by atoms with Crippen LogP contribution in [0, 0.1) is 0 Å². The zero-order valence-electron chi connectivity index (χ0n) is 7.78. The Hall–Kier alpha value is -0.990. The number of halogens is 2. The van der Waals surface area contributed by atoms with Crippen molar-refractivity contribution >= 4 is 27.5 Å². The summed E-state index contributed by atoms with van der Waals surface area (Å²) in [5, 5.41) is 0.605. The molecule has 0 N–H and O–H groups in total. The van der Waals surface area contributed by atoms with Gasteiger partial charge in [-0.1, -0.05) is 35.9 Å². The first kappa shape index (κ1) is 10.5. The molecule has 15 heavy (non-hydrogen) atoms. The molecule has 0 saturated heterocycles. The van der Waals surface area contributed by atoms with Crippen molar-refractivity contribution in [3.05, 3.63) is 58.0 Å². The molecule has 2 aromatic rings. The summed E-state index contributed by atoms with van der Waals surface area (Å²) >= 11 is 9.40. The third-order valence-corrected chi connectivity index (χ3v) is 2.86. The maximum Gasteiger partial charge on any atom is 0.146 e. The Morgan fingerprint density at radius 2 is 1.47 bits per heavy atom. The molecule has 0 bridgehead atoms. The Morgan fingerprint density at radius 1 is 0.867 bits per heavy atom. The predicted molar refractivity (Wildman–Crippen MR) is 65.7 cm³/mol. The third kappa shape index (κ3) is 2.52. The molecule has 0 atom stereocenters. The van der Waals surface area contributed by atoms with E-state index in [0.717, 1.165) is 10.2 Å². The van der Waals surface area contributed by atoms with E-state index < -0.39 is 0 Å². The number of para-hydroxylation sites is 2. The second-order valence-electron chi connectivity index (χ2n) is 2.96. The highest BCUT2D eigenvalue weighted by atomic mass is 79.9. The monoisotopic (exact) mass is 282 g/mol. The van der Waals surface area contributed by atoms with Gasteiger partial charge < -0.3 is 4.74 Å². The summed E-state index contributed by atoms with van der Waals surface area (Å²) in [6.07, 6.45) is 0. The summed E-state index contributed by atoms with van der Waals surface area (Å²) in [6, 6.07) is 15.0. The Kier molecular flexibility index (Phi) is 3.29. The van der Waals surface area contributed by atoms with Gasteiger partial charge in [0, 0.05) is 0 Å². The quantitative estimate of drug-likeness (QED) is 0.762. The Balaban J connectivity index is 2.30. The van der Waals surface area contributed by atoms with Crippen molar-refractivity contribution in [1.29, 1.82) is 0 Å². The van der Waals surface area contributed by atoms with Crippen molar-refractivity contribution in [3.8, 4) is 11.5 Å². The highest BCUT2D eigenvalue weighted by Crippen LogP contribution is 2.32. The zero-order chi connectivity index (χ0) is 10.7. The third-order valence-electron chi connectivity index (χ3n) is 1.89. The largest absolute Gasteiger partial charge is 0.455 e. The van der Waals surface area contributed by atoms with Gasteiger partial charge in [0.15, 0.2) is 0 Å². The van der Waals surface area contributed by atoms with Crippen LogP contribution >= 0.6 is 27.5 Å². The van der Waals surface area contributed by atoms with E-state index in [-0.39, 0.29) is 0 Å². The summed E-state index contributed by atoms with van der Waals surface area (Å²) in [5.74, 6) is 1.41. The fourth-order valence-electron chi connectivity index (χ4n) is 1.17. The van der Waals surface area contributed by atoms with Gasteiger partial charge in [-0.15, -0.1) is 0 Å². The van der Waals surface area contributed by atoms with Crippen LogP contribution in [-0.4, -0.2) is 0 Å². The van der Waals surface area contributed by atoms with Crippen LogP contribution in [0.2, 0.25) is 5.02 Å². The molecule has 2 aromatic carbocycles. The van der Waals surface area contributed by atoms with Crippen LogP contribution in [0.3, 0.4) is 0 Å². The molecule has 76 valence electrons. The molecule has 2 rings (SSSR count). The molecule has 0 aliphatic carbocycles. The van der Waals surface area contributed by atoms with E-state index in [2.05, 4.69) is 15.9 Å². The molecule has 0 aliphatic rings. The zero-order valence-corrected chi connectivity index (χ0v) is 10.1. The molecule has 0 fully saturated rings. The Bertz CT molecular complexity index is 427. The van der Waals surface area contributed by atoms with Crippen molar-refractivity contribution in [2.75, 3.05) is 0 Å². The molecule has 0 heterocycles. The molecule has 3 heteroatoms. The lowest BCUT2D eigenvalue weighted by Crippen LogP contribution is -1.85. The number of hydrogen-bond donors (Lipinski definition) is 0. The molecular formula is C12H8BrClO.